The van der Waals surface area contributed by atoms with Gasteiger partial charge in [-0.2, -0.15) is 0 Å². The Balaban J connectivity index is 1.91. The van der Waals surface area contributed by atoms with Crippen LogP contribution >= 0.6 is 11.6 Å². The summed E-state index contributed by atoms with van der Waals surface area (Å²) in [6.45, 7) is 4.06. The van der Waals surface area contributed by atoms with E-state index in [1.165, 1.54) is 18.2 Å². The molecule has 0 spiro atoms. The van der Waals surface area contributed by atoms with Crippen LogP contribution in [0.25, 0.3) is 0 Å². The van der Waals surface area contributed by atoms with E-state index in [4.69, 9.17) is 16.3 Å². The highest BCUT2D eigenvalue weighted by Gasteiger charge is 2.39. The molecule has 4 nitrogen and oxygen atoms in total. The molecule has 1 heterocycles. The van der Waals surface area contributed by atoms with Gasteiger partial charge in [0.1, 0.15) is 17.2 Å². The van der Waals surface area contributed by atoms with E-state index < -0.39 is 33.2 Å². The minimum atomic E-state index is -3.82. The van der Waals surface area contributed by atoms with E-state index in [-0.39, 0.29) is 10.6 Å². The highest BCUT2D eigenvalue weighted by molar-refractivity contribution is 7.88. The van der Waals surface area contributed by atoms with Crippen molar-refractivity contribution in [2.45, 2.75) is 50.5 Å². The molecule has 1 aliphatic heterocycles. The fourth-order valence-electron chi connectivity index (χ4n) is 3.53. The van der Waals surface area contributed by atoms with Gasteiger partial charge in [-0.3, -0.25) is 0 Å². The maximum absolute atomic E-state index is 14.0. The Bertz CT molecular complexity index is 908. The number of hydrogen-bond acceptors (Lipinski definition) is 3. The number of nitrogens with one attached hydrogen (secondary N) is 1. The standard InChI is InChI=1S/C20H23ClFNO3S/c1-3-20(4-2)12-18(14-8-5-6-11-19(14)26-20)23-27(24,25)13-15-16(21)9-7-10-17(15)22/h5-11,18,23H,3-4,12-13H2,1-2H3/t18-/m1/s1. The van der Waals surface area contributed by atoms with Crippen LogP contribution in [0, 0.1) is 5.82 Å². The fourth-order valence-corrected chi connectivity index (χ4v) is 5.23. The van der Waals surface area contributed by atoms with E-state index in [1.54, 1.807) is 0 Å². The first-order valence-corrected chi connectivity index (χ1v) is 11.0. The van der Waals surface area contributed by atoms with E-state index in [9.17, 15) is 12.8 Å². The van der Waals surface area contributed by atoms with Crippen LogP contribution in [-0.2, 0) is 15.8 Å². The quantitative estimate of drug-likeness (QED) is 0.729. The number of para-hydroxylation sites is 1. The number of benzene rings is 2. The highest BCUT2D eigenvalue weighted by Crippen LogP contribution is 2.43. The van der Waals surface area contributed by atoms with Crippen molar-refractivity contribution in [2.24, 2.45) is 0 Å². The van der Waals surface area contributed by atoms with Crippen molar-refractivity contribution < 1.29 is 17.5 Å². The molecule has 0 aromatic heterocycles. The summed E-state index contributed by atoms with van der Waals surface area (Å²) in [7, 11) is -3.82. The molecule has 146 valence electrons. The van der Waals surface area contributed by atoms with Crippen molar-refractivity contribution in [3.63, 3.8) is 0 Å². The van der Waals surface area contributed by atoms with Crippen LogP contribution in [0.1, 0.15) is 50.3 Å². The summed E-state index contributed by atoms with van der Waals surface area (Å²) in [5.41, 5.74) is 0.333. The molecular weight excluding hydrogens is 389 g/mol. The second kappa shape index (κ2) is 7.78. The number of ether oxygens (including phenoxy) is 1. The van der Waals surface area contributed by atoms with Gasteiger partial charge in [-0.25, -0.2) is 17.5 Å². The third-order valence-electron chi connectivity index (χ3n) is 5.20. The first kappa shape index (κ1) is 20.1. The topological polar surface area (TPSA) is 55.4 Å². The van der Waals surface area contributed by atoms with Gasteiger partial charge in [-0.1, -0.05) is 49.7 Å². The number of hydrogen-bond donors (Lipinski definition) is 1. The Kier molecular flexibility index (Phi) is 5.79. The summed E-state index contributed by atoms with van der Waals surface area (Å²) < 4.78 is 48.6. The van der Waals surface area contributed by atoms with E-state index >= 15 is 0 Å². The monoisotopic (exact) mass is 411 g/mol. The van der Waals surface area contributed by atoms with E-state index in [0.717, 1.165) is 18.4 Å². The minimum Gasteiger partial charge on any atom is -0.487 e. The first-order valence-electron chi connectivity index (χ1n) is 9.00. The normalized spacial score (nSPS) is 18.6. The lowest BCUT2D eigenvalue weighted by molar-refractivity contribution is 0.0260. The second-order valence-electron chi connectivity index (χ2n) is 6.86. The minimum absolute atomic E-state index is 0.0238. The predicted octanol–water partition coefficient (Wildman–Crippen LogP) is 4.98. The number of halogens is 2. The van der Waals surface area contributed by atoms with Crippen molar-refractivity contribution in [1.29, 1.82) is 0 Å². The Morgan fingerprint density at radius 3 is 2.56 bits per heavy atom. The van der Waals surface area contributed by atoms with Crippen molar-refractivity contribution >= 4 is 21.6 Å². The lowest BCUT2D eigenvalue weighted by atomic mass is 9.84. The molecule has 27 heavy (non-hydrogen) atoms. The summed E-state index contributed by atoms with van der Waals surface area (Å²) in [4.78, 5) is 0. The van der Waals surface area contributed by atoms with Crippen LogP contribution in [0.5, 0.6) is 5.75 Å². The molecule has 0 saturated carbocycles. The molecule has 7 heteroatoms. The van der Waals surface area contributed by atoms with E-state index in [0.29, 0.717) is 12.2 Å². The van der Waals surface area contributed by atoms with Gasteiger partial charge in [0.05, 0.1) is 11.8 Å². The summed E-state index contributed by atoms with van der Waals surface area (Å²) in [5.74, 6) is -0.454. The van der Waals surface area contributed by atoms with Crippen LogP contribution in [-0.4, -0.2) is 14.0 Å². The third-order valence-corrected chi connectivity index (χ3v) is 6.87. The van der Waals surface area contributed by atoms with Crippen LogP contribution in [0.3, 0.4) is 0 Å². The third kappa shape index (κ3) is 4.28. The summed E-state index contributed by atoms with van der Waals surface area (Å²) in [6.07, 6.45) is 2.03. The molecule has 0 fully saturated rings. The van der Waals surface area contributed by atoms with Gasteiger partial charge < -0.3 is 4.74 Å². The average Bonchev–Trinajstić information content (AvgIpc) is 2.64. The Labute approximate surface area is 164 Å². The number of rotatable bonds is 6. The zero-order valence-electron chi connectivity index (χ0n) is 15.3. The Hall–Kier alpha value is -1.63. The molecule has 2 aromatic carbocycles. The van der Waals surface area contributed by atoms with Gasteiger partial charge >= 0.3 is 0 Å². The molecule has 3 rings (SSSR count). The van der Waals surface area contributed by atoms with Crippen molar-refractivity contribution in [1.82, 2.24) is 4.72 Å². The zero-order chi connectivity index (χ0) is 19.7. The highest BCUT2D eigenvalue weighted by atomic mass is 35.5. The zero-order valence-corrected chi connectivity index (χ0v) is 16.9. The molecular formula is C20H23ClFNO3S. The molecule has 1 atom stereocenters. The van der Waals surface area contributed by atoms with Crippen molar-refractivity contribution in [3.05, 3.63) is 64.4 Å². The second-order valence-corrected chi connectivity index (χ2v) is 9.02. The van der Waals surface area contributed by atoms with Crippen molar-refractivity contribution in [2.75, 3.05) is 0 Å². The van der Waals surface area contributed by atoms with Crippen LogP contribution in [0.15, 0.2) is 42.5 Å². The lowest BCUT2D eigenvalue weighted by Crippen LogP contribution is -2.44. The SMILES string of the molecule is CCC1(CC)C[C@@H](NS(=O)(=O)Cc2c(F)cccc2Cl)c2ccccc2O1. The first-order chi connectivity index (χ1) is 12.8. The van der Waals surface area contributed by atoms with Gasteiger partial charge in [0.15, 0.2) is 0 Å². The molecule has 0 bridgehead atoms. The van der Waals surface area contributed by atoms with Crippen molar-refractivity contribution in [3.8, 4) is 5.75 Å². The molecule has 0 unspecified atom stereocenters. The fraction of sp³-hybridized carbons (Fsp3) is 0.400. The Morgan fingerprint density at radius 2 is 1.89 bits per heavy atom. The average molecular weight is 412 g/mol. The molecule has 0 amide bonds. The van der Waals surface area contributed by atoms with Gasteiger partial charge in [0.25, 0.3) is 0 Å². The number of sulfonamides is 1. The lowest BCUT2D eigenvalue weighted by Gasteiger charge is -2.41. The summed E-state index contributed by atoms with van der Waals surface area (Å²) >= 11 is 6.00. The number of fused-ring (bicyclic) bond motifs is 1. The van der Waals surface area contributed by atoms with E-state index in [1.807, 2.05) is 38.1 Å². The summed E-state index contributed by atoms with van der Waals surface area (Å²) in [5, 5.41) is 0.101. The summed E-state index contributed by atoms with van der Waals surface area (Å²) in [6, 6.07) is 11.1. The maximum Gasteiger partial charge on any atom is 0.216 e. The van der Waals surface area contributed by atoms with Crippen LogP contribution in [0.2, 0.25) is 5.02 Å². The van der Waals surface area contributed by atoms with Gasteiger partial charge in [-0.15, -0.1) is 0 Å². The molecule has 0 aliphatic carbocycles. The maximum atomic E-state index is 14.0. The van der Waals surface area contributed by atoms with Gasteiger partial charge in [0, 0.05) is 22.6 Å². The molecule has 1 N–H and O–H groups in total. The predicted molar refractivity (Wildman–Crippen MR) is 105 cm³/mol. The van der Waals surface area contributed by atoms with Crippen LogP contribution < -0.4 is 9.46 Å². The molecule has 0 radical (unpaired) electrons. The van der Waals surface area contributed by atoms with Crippen LogP contribution in [0.4, 0.5) is 4.39 Å². The van der Waals surface area contributed by atoms with E-state index in [2.05, 4.69) is 4.72 Å². The Morgan fingerprint density at radius 1 is 1.19 bits per heavy atom. The van der Waals surface area contributed by atoms with Gasteiger partial charge in [-0.05, 0) is 31.0 Å². The molecule has 1 aliphatic rings. The smallest absolute Gasteiger partial charge is 0.216 e. The largest absolute Gasteiger partial charge is 0.487 e. The van der Waals surface area contributed by atoms with Gasteiger partial charge in [0.2, 0.25) is 10.0 Å². The molecule has 2 aromatic rings. The molecule has 0 saturated heterocycles.